The van der Waals surface area contributed by atoms with E-state index in [1.165, 1.54) is 19.3 Å². The summed E-state index contributed by atoms with van der Waals surface area (Å²) in [5.41, 5.74) is 0.640. The summed E-state index contributed by atoms with van der Waals surface area (Å²) in [5.74, 6) is 1.32. The molecule has 0 aromatic carbocycles. The van der Waals surface area contributed by atoms with Crippen molar-refractivity contribution in [3.63, 3.8) is 0 Å². The number of amides is 1. The number of nitrogens with zero attached hydrogens (tertiary/aromatic N) is 1. The molecule has 1 amide bonds. The third kappa shape index (κ3) is 3.28. The quantitative estimate of drug-likeness (QED) is 0.868. The summed E-state index contributed by atoms with van der Waals surface area (Å²) >= 11 is 3.55. The van der Waals surface area contributed by atoms with Crippen LogP contribution in [0.5, 0.6) is 0 Å². The summed E-state index contributed by atoms with van der Waals surface area (Å²) in [6.07, 6.45) is 7.06. The Balaban J connectivity index is 1.84. The zero-order chi connectivity index (χ0) is 12.1. The molecule has 0 spiro atoms. The second kappa shape index (κ2) is 6.15. The molecular weight excluding hydrogens is 280 g/mol. The summed E-state index contributed by atoms with van der Waals surface area (Å²) in [5, 5.41) is 4.05. The van der Waals surface area contributed by atoms with Gasteiger partial charge in [-0.15, -0.1) is 0 Å². The zero-order valence-electron chi connectivity index (χ0n) is 9.73. The number of nitrogens with one attached hydrogen (secondary N) is 1. The van der Waals surface area contributed by atoms with Crippen LogP contribution in [-0.4, -0.2) is 22.8 Å². The van der Waals surface area contributed by atoms with Gasteiger partial charge in [0, 0.05) is 24.3 Å². The maximum absolute atomic E-state index is 11.8. The van der Waals surface area contributed by atoms with Gasteiger partial charge in [0.05, 0.1) is 5.56 Å². The smallest absolute Gasteiger partial charge is 0.252 e. The highest BCUT2D eigenvalue weighted by atomic mass is 79.9. The summed E-state index contributed by atoms with van der Waals surface area (Å²) < 4.78 is 0. The summed E-state index contributed by atoms with van der Waals surface area (Å²) in [4.78, 5) is 15.8. The van der Waals surface area contributed by atoms with Crippen molar-refractivity contribution in [2.24, 2.45) is 11.8 Å². The molecule has 0 bridgehead atoms. The molecule has 2 unspecified atom stereocenters. The molecule has 1 aliphatic carbocycles. The van der Waals surface area contributed by atoms with E-state index in [1.54, 1.807) is 24.5 Å². The maximum atomic E-state index is 11.8. The predicted octanol–water partition coefficient (Wildman–Crippen LogP) is 2.62. The first-order chi connectivity index (χ1) is 8.31. The van der Waals surface area contributed by atoms with Gasteiger partial charge in [-0.2, -0.15) is 0 Å². The Morgan fingerprint density at radius 3 is 3.00 bits per heavy atom. The molecule has 0 aliphatic heterocycles. The second-order valence-electron chi connectivity index (χ2n) is 4.56. The van der Waals surface area contributed by atoms with Crippen LogP contribution in [0.1, 0.15) is 29.6 Å². The highest BCUT2D eigenvalue weighted by Crippen LogP contribution is 2.32. The van der Waals surface area contributed by atoms with Gasteiger partial charge in [-0.3, -0.25) is 9.78 Å². The third-order valence-corrected chi connectivity index (χ3v) is 4.29. The molecule has 92 valence electrons. The fourth-order valence-electron chi connectivity index (χ4n) is 2.41. The largest absolute Gasteiger partial charge is 0.352 e. The van der Waals surface area contributed by atoms with Crippen LogP contribution in [0, 0.1) is 11.8 Å². The topological polar surface area (TPSA) is 42.0 Å². The third-order valence-electron chi connectivity index (χ3n) is 3.46. The molecular formula is C13H17BrN2O. The lowest BCUT2D eigenvalue weighted by molar-refractivity contribution is 0.0944. The van der Waals surface area contributed by atoms with Crippen molar-refractivity contribution in [2.45, 2.75) is 19.3 Å². The SMILES string of the molecule is O=C(NCC1CCCC1CBr)c1cccnc1. The van der Waals surface area contributed by atoms with Gasteiger partial charge in [-0.05, 0) is 36.8 Å². The Morgan fingerprint density at radius 1 is 1.47 bits per heavy atom. The van der Waals surface area contributed by atoms with Gasteiger partial charge >= 0.3 is 0 Å². The zero-order valence-corrected chi connectivity index (χ0v) is 11.3. The highest BCUT2D eigenvalue weighted by molar-refractivity contribution is 9.09. The van der Waals surface area contributed by atoms with E-state index in [4.69, 9.17) is 0 Å². The molecule has 1 N–H and O–H groups in total. The molecule has 2 rings (SSSR count). The van der Waals surface area contributed by atoms with E-state index < -0.39 is 0 Å². The number of alkyl halides is 1. The van der Waals surface area contributed by atoms with Crippen LogP contribution in [0.2, 0.25) is 0 Å². The number of halogens is 1. The predicted molar refractivity (Wildman–Crippen MR) is 71.2 cm³/mol. The molecule has 1 saturated carbocycles. The average molecular weight is 297 g/mol. The van der Waals surface area contributed by atoms with Gasteiger partial charge in [-0.1, -0.05) is 22.4 Å². The first-order valence-electron chi connectivity index (χ1n) is 6.05. The van der Waals surface area contributed by atoms with Crippen LogP contribution in [-0.2, 0) is 0 Å². The van der Waals surface area contributed by atoms with E-state index in [9.17, 15) is 4.79 Å². The lowest BCUT2D eigenvalue weighted by Gasteiger charge is -2.17. The second-order valence-corrected chi connectivity index (χ2v) is 5.20. The van der Waals surface area contributed by atoms with E-state index in [0.717, 1.165) is 11.9 Å². The Kier molecular flexibility index (Phi) is 4.54. The van der Waals surface area contributed by atoms with Crippen molar-refractivity contribution in [3.8, 4) is 0 Å². The summed E-state index contributed by atoms with van der Waals surface area (Å²) in [6.45, 7) is 0.782. The highest BCUT2D eigenvalue weighted by Gasteiger charge is 2.26. The molecule has 4 heteroatoms. The van der Waals surface area contributed by atoms with Gasteiger partial charge in [0.2, 0.25) is 0 Å². The van der Waals surface area contributed by atoms with Crippen molar-refractivity contribution >= 4 is 21.8 Å². The molecule has 3 nitrogen and oxygen atoms in total. The normalized spacial score (nSPS) is 23.6. The van der Waals surface area contributed by atoms with Crippen LogP contribution >= 0.6 is 15.9 Å². The molecule has 1 aliphatic rings. The number of carbonyl (C=O) groups excluding carboxylic acids is 1. The number of hydrogen-bond donors (Lipinski definition) is 1. The number of rotatable bonds is 4. The standard InChI is InChI=1S/C13H17BrN2O/c14-7-10-3-1-4-11(10)9-16-13(17)12-5-2-6-15-8-12/h2,5-6,8,10-11H,1,3-4,7,9H2,(H,16,17). The Labute approximate surface area is 110 Å². The number of pyridine rings is 1. The molecule has 2 atom stereocenters. The van der Waals surface area contributed by atoms with E-state index in [0.29, 0.717) is 17.4 Å². The van der Waals surface area contributed by atoms with Gasteiger partial charge in [-0.25, -0.2) is 0 Å². The van der Waals surface area contributed by atoms with Gasteiger partial charge in [0.1, 0.15) is 0 Å². The van der Waals surface area contributed by atoms with Crippen LogP contribution in [0.15, 0.2) is 24.5 Å². The molecule has 1 heterocycles. The Bertz CT molecular complexity index is 369. The number of carbonyl (C=O) groups is 1. The van der Waals surface area contributed by atoms with Crippen LogP contribution < -0.4 is 5.32 Å². The van der Waals surface area contributed by atoms with Crippen molar-refractivity contribution in [1.29, 1.82) is 0 Å². The molecule has 17 heavy (non-hydrogen) atoms. The minimum atomic E-state index is -0.0154. The fraction of sp³-hybridized carbons (Fsp3) is 0.538. The Hall–Kier alpha value is -0.900. The lowest BCUT2D eigenvalue weighted by atomic mass is 9.98. The maximum Gasteiger partial charge on any atom is 0.252 e. The minimum Gasteiger partial charge on any atom is -0.352 e. The number of aromatic nitrogens is 1. The fourth-order valence-corrected chi connectivity index (χ4v) is 3.26. The Morgan fingerprint density at radius 2 is 2.29 bits per heavy atom. The van der Waals surface area contributed by atoms with E-state index in [1.807, 2.05) is 0 Å². The minimum absolute atomic E-state index is 0.0154. The van der Waals surface area contributed by atoms with Crippen molar-refractivity contribution in [3.05, 3.63) is 30.1 Å². The van der Waals surface area contributed by atoms with Gasteiger partial charge in [0.15, 0.2) is 0 Å². The van der Waals surface area contributed by atoms with E-state index >= 15 is 0 Å². The summed E-state index contributed by atoms with van der Waals surface area (Å²) in [6, 6.07) is 3.57. The first kappa shape index (κ1) is 12.6. The van der Waals surface area contributed by atoms with E-state index in [-0.39, 0.29) is 5.91 Å². The monoisotopic (exact) mass is 296 g/mol. The van der Waals surface area contributed by atoms with Crippen molar-refractivity contribution in [1.82, 2.24) is 10.3 Å². The van der Waals surface area contributed by atoms with Crippen molar-refractivity contribution in [2.75, 3.05) is 11.9 Å². The van der Waals surface area contributed by atoms with Crippen molar-refractivity contribution < 1.29 is 4.79 Å². The molecule has 1 aromatic heterocycles. The van der Waals surface area contributed by atoms with Crippen LogP contribution in [0.25, 0.3) is 0 Å². The summed E-state index contributed by atoms with van der Waals surface area (Å²) in [7, 11) is 0. The molecule has 1 fully saturated rings. The van der Waals surface area contributed by atoms with Crippen LogP contribution in [0.4, 0.5) is 0 Å². The molecule has 0 radical (unpaired) electrons. The van der Waals surface area contributed by atoms with E-state index in [2.05, 4.69) is 26.2 Å². The lowest BCUT2D eigenvalue weighted by Crippen LogP contribution is -2.31. The van der Waals surface area contributed by atoms with Gasteiger partial charge < -0.3 is 5.32 Å². The molecule has 0 saturated heterocycles. The molecule has 1 aromatic rings. The average Bonchev–Trinajstić information content (AvgIpc) is 2.84. The van der Waals surface area contributed by atoms with Gasteiger partial charge in [0.25, 0.3) is 5.91 Å². The first-order valence-corrected chi connectivity index (χ1v) is 7.17. The number of hydrogen-bond acceptors (Lipinski definition) is 2. The van der Waals surface area contributed by atoms with Crippen LogP contribution in [0.3, 0.4) is 0 Å².